The van der Waals surface area contributed by atoms with Gasteiger partial charge in [0.05, 0.1) is 0 Å². The Kier molecular flexibility index (Phi) is 4.64. The number of hydrogen-bond acceptors (Lipinski definition) is 3. The number of hydrogen-bond donors (Lipinski definition) is 1. The van der Waals surface area contributed by atoms with Crippen LogP contribution in [0.25, 0.3) is 0 Å². The number of nitrogens with zero attached hydrogens (tertiary/aromatic N) is 1. The van der Waals surface area contributed by atoms with Gasteiger partial charge < -0.3 is 5.11 Å². The van der Waals surface area contributed by atoms with Crippen molar-refractivity contribution in [2.24, 2.45) is 0 Å². The summed E-state index contributed by atoms with van der Waals surface area (Å²) < 4.78 is 0. The van der Waals surface area contributed by atoms with Gasteiger partial charge in [0.1, 0.15) is 12.1 Å². The van der Waals surface area contributed by atoms with Crippen molar-refractivity contribution in [2.75, 3.05) is 0 Å². The molecule has 0 bridgehead atoms. The molecule has 1 rings (SSSR count). The third-order valence-corrected chi connectivity index (χ3v) is 2.24. The summed E-state index contributed by atoms with van der Waals surface area (Å²) in [5.74, 6) is -1.57. The molecule has 86 valence electrons. The van der Waals surface area contributed by atoms with E-state index in [1.54, 1.807) is 12.3 Å². The quantitative estimate of drug-likeness (QED) is 0.590. The zero-order valence-corrected chi connectivity index (χ0v) is 9.27. The molecule has 0 aliphatic heterocycles. The average Bonchev–Trinajstić information content (AvgIpc) is 2.26. The SMILES string of the molecule is CCCCc1ccc(C(=O)CC(=O)O)nc1. The first-order chi connectivity index (χ1) is 7.63. The molecule has 1 aromatic heterocycles. The van der Waals surface area contributed by atoms with Crippen molar-refractivity contribution >= 4 is 11.8 Å². The molecule has 4 nitrogen and oxygen atoms in total. The highest BCUT2D eigenvalue weighted by atomic mass is 16.4. The smallest absolute Gasteiger partial charge is 0.311 e. The first kappa shape index (κ1) is 12.4. The van der Waals surface area contributed by atoms with Crippen molar-refractivity contribution in [2.45, 2.75) is 32.6 Å². The van der Waals surface area contributed by atoms with E-state index in [0.29, 0.717) is 0 Å². The summed E-state index contributed by atoms with van der Waals surface area (Å²) in [7, 11) is 0. The molecule has 0 unspecified atom stereocenters. The van der Waals surface area contributed by atoms with Crippen LogP contribution in [0.1, 0.15) is 42.2 Å². The van der Waals surface area contributed by atoms with Gasteiger partial charge in [0.25, 0.3) is 0 Å². The average molecular weight is 221 g/mol. The number of Topliss-reactive ketones (excluding diaryl/α,β-unsaturated/α-hetero) is 1. The molecule has 16 heavy (non-hydrogen) atoms. The van der Waals surface area contributed by atoms with Crippen molar-refractivity contribution < 1.29 is 14.7 Å². The van der Waals surface area contributed by atoms with Crippen LogP contribution < -0.4 is 0 Å². The van der Waals surface area contributed by atoms with Crippen molar-refractivity contribution in [3.63, 3.8) is 0 Å². The van der Waals surface area contributed by atoms with E-state index in [-0.39, 0.29) is 5.69 Å². The van der Waals surface area contributed by atoms with Gasteiger partial charge in [0.15, 0.2) is 5.78 Å². The molecule has 0 aromatic carbocycles. The standard InChI is InChI=1S/C12H15NO3/c1-2-3-4-9-5-6-10(13-8-9)11(14)7-12(15)16/h5-6,8H,2-4,7H2,1H3,(H,15,16). The van der Waals surface area contributed by atoms with Crippen LogP contribution in [0.15, 0.2) is 18.3 Å². The van der Waals surface area contributed by atoms with E-state index >= 15 is 0 Å². The summed E-state index contributed by atoms with van der Waals surface area (Å²) in [6.45, 7) is 2.11. The fraction of sp³-hybridized carbons (Fsp3) is 0.417. The molecule has 0 amide bonds. The molecule has 1 N–H and O–H groups in total. The van der Waals surface area contributed by atoms with Crippen molar-refractivity contribution in [1.29, 1.82) is 0 Å². The van der Waals surface area contributed by atoms with Crippen LogP contribution in [-0.2, 0) is 11.2 Å². The lowest BCUT2D eigenvalue weighted by atomic mass is 10.1. The first-order valence-corrected chi connectivity index (χ1v) is 5.33. The lowest BCUT2D eigenvalue weighted by Gasteiger charge is -2.01. The highest BCUT2D eigenvalue weighted by Crippen LogP contribution is 2.06. The highest BCUT2D eigenvalue weighted by molar-refractivity contribution is 6.04. The molecule has 0 spiro atoms. The largest absolute Gasteiger partial charge is 0.481 e. The Morgan fingerprint density at radius 2 is 2.12 bits per heavy atom. The van der Waals surface area contributed by atoms with E-state index in [9.17, 15) is 9.59 Å². The fourth-order valence-corrected chi connectivity index (χ4v) is 1.35. The number of carbonyl (C=O) groups is 2. The zero-order chi connectivity index (χ0) is 12.0. The summed E-state index contributed by atoms with van der Waals surface area (Å²) in [6.07, 6.45) is 4.28. The lowest BCUT2D eigenvalue weighted by Crippen LogP contribution is -2.08. The number of ketones is 1. The van der Waals surface area contributed by atoms with Crippen molar-refractivity contribution in [3.05, 3.63) is 29.6 Å². The number of pyridine rings is 1. The van der Waals surface area contributed by atoms with Crippen LogP contribution in [0.4, 0.5) is 0 Å². The van der Waals surface area contributed by atoms with Crippen molar-refractivity contribution in [1.82, 2.24) is 4.98 Å². The van der Waals surface area contributed by atoms with Gasteiger partial charge in [0.2, 0.25) is 0 Å². The molecular weight excluding hydrogens is 206 g/mol. The van der Waals surface area contributed by atoms with Crippen LogP contribution in [0.3, 0.4) is 0 Å². The van der Waals surface area contributed by atoms with Gasteiger partial charge >= 0.3 is 5.97 Å². The number of carbonyl (C=O) groups excluding carboxylic acids is 1. The molecule has 0 aliphatic carbocycles. The number of rotatable bonds is 6. The summed E-state index contributed by atoms with van der Waals surface area (Å²) in [4.78, 5) is 25.7. The number of aliphatic carboxylic acids is 1. The van der Waals surface area contributed by atoms with Gasteiger partial charge in [0, 0.05) is 6.20 Å². The second kappa shape index (κ2) is 6.00. The summed E-state index contributed by atoms with van der Waals surface area (Å²) in [6, 6.07) is 3.42. The minimum Gasteiger partial charge on any atom is -0.481 e. The monoisotopic (exact) mass is 221 g/mol. The third-order valence-electron chi connectivity index (χ3n) is 2.24. The number of carboxylic acid groups (broad SMARTS) is 1. The van der Waals surface area contributed by atoms with E-state index in [0.717, 1.165) is 24.8 Å². The normalized spacial score (nSPS) is 10.1. The molecule has 1 aromatic rings. The maximum Gasteiger partial charge on any atom is 0.311 e. The molecule has 4 heteroatoms. The predicted molar refractivity (Wildman–Crippen MR) is 59.4 cm³/mol. The Morgan fingerprint density at radius 1 is 1.38 bits per heavy atom. The summed E-state index contributed by atoms with van der Waals surface area (Å²) >= 11 is 0. The van der Waals surface area contributed by atoms with Crippen LogP contribution in [0.2, 0.25) is 0 Å². The van der Waals surface area contributed by atoms with E-state index < -0.39 is 18.2 Å². The first-order valence-electron chi connectivity index (χ1n) is 5.33. The summed E-state index contributed by atoms with van der Waals surface area (Å²) in [5.41, 5.74) is 1.30. The van der Waals surface area contributed by atoms with Gasteiger partial charge in [-0.25, -0.2) is 0 Å². The molecular formula is C12H15NO3. The van der Waals surface area contributed by atoms with Crippen LogP contribution in [0.5, 0.6) is 0 Å². The van der Waals surface area contributed by atoms with Gasteiger partial charge in [-0.3, -0.25) is 14.6 Å². The Labute approximate surface area is 94.3 Å². The Hall–Kier alpha value is -1.71. The second-order valence-electron chi connectivity index (χ2n) is 3.65. The van der Waals surface area contributed by atoms with Crippen LogP contribution in [0, 0.1) is 0 Å². The maximum absolute atomic E-state index is 11.3. The van der Waals surface area contributed by atoms with E-state index in [1.807, 2.05) is 6.07 Å². The molecule has 1 heterocycles. The second-order valence-corrected chi connectivity index (χ2v) is 3.65. The molecule has 0 aliphatic rings. The number of carboxylic acids is 1. The minimum atomic E-state index is -1.12. The third kappa shape index (κ3) is 3.81. The van der Waals surface area contributed by atoms with Gasteiger partial charge in [-0.2, -0.15) is 0 Å². The van der Waals surface area contributed by atoms with Crippen LogP contribution >= 0.6 is 0 Å². The number of aryl methyl sites for hydroxylation is 1. The fourth-order valence-electron chi connectivity index (χ4n) is 1.35. The highest BCUT2D eigenvalue weighted by Gasteiger charge is 2.11. The molecule has 0 saturated heterocycles. The van der Waals surface area contributed by atoms with E-state index in [4.69, 9.17) is 5.11 Å². The predicted octanol–water partition coefficient (Wildman–Crippen LogP) is 2.08. The van der Waals surface area contributed by atoms with Crippen molar-refractivity contribution in [3.8, 4) is 0 Å². The molecule has 0 fully saturated rings. The van der Waals surface area contributed by atoms with Crippen LogP contribution in [-0.4, -0.2) is 21.8 Å². The van der Waals surface area contributed by atoms with E-state index in [1.165, 1.54) is 0 Å². The Bertz CT molecular complexity index is 370. The van der Waals surface area contributed by atoms with Gasteiger partial charge in [-0.1, -0.05) is 19.4 Å². The minimum absolute atomic E-state index is 0.225. The van der Waals surface area contributed by atoms with E-state index in [2.05, 4.69) is 11.9 Å². The Morgan fingerprint density at radius 3 is 2.62 bits per heavy atom. The van der Waals surface area contributed by atoms with Gasteiger partial charge in [-0.05, 0) is 24.5 Å². The topological polar surface area (TPSA) is 67.3 Å². The summed E-state index contributed by atoms with van der Waals surface area (Å²) in [5, 5.41) is 8.47. The molecule has 0 saturated carbocycles. The molecule has 0 radical (unpaired) electrons. The maximum atomic E-state index is 11.3. The lowest BCUT2D eigenvalue weighted by molar-refractivity contribution is -0.135. The molecule has 0 atom stereocenters. The number of unbranched alkanes of at least 4 members (excludes halogenated alkanes) is 1. The Balaban J connectivity index is 2.63. The van der Waals surface area contributed by atoms with Gasteiger partial charge in [-0.15, -0.1) is 0 Å². The number of aromatic nitrogens is 1. The zero-order valence-electron chi connectivity index (χ0n) is 9.27.